The smallest absolute Gasteiger partial charge is 0.274 e. The van der Waals surface area contributed by atoms with E-state index in [0.717, 1.165) is 4.88 Å². The lowest BCUT2D eigenvalue weighted by molar-refractivity contribution is 0.0609. The molecule has 0 aliphatic carbocycles. The summed E-state index contributed by atoms with van der Waals surface area (Å²) in [5, 5.41) is 6.55. The molecule has 7 nitrogen and oxygen atoms in total. The quantitative estimate of drug-likeness (QED) is 0.598. The fraction of sp³-hybridized carbons (Fsp3) is 0.294. The highest BCUT2D eigenvalue weighted by molar-refractivity contribution is 7.13. The summed E-state index contributed by atoms with van der Waals surface area (Å²) in [5.74, 6) is 0.966. The van der Waals surface area contributed by atoms with Crippen LogP contribution in [0.4, 0.5) is 0 Å². The molecule has 140 valence electrons. The van der Waals surface area contributed by atoms with Crippen molar-refractivity contribution in [2.45, 2.75) is 6.54 Å². The molecule has 1 saturated heterocycles. The Balaban J connectivity index is 1.35. The van der Waals surface area contributed by atoms with Gasteiger partial charge in [-0.25, -0.2) is 4.98 Å². The highest BCUT2D eigenvalue weighted by atomic mass is 35.5. The average Bonchev–Trinajstić information content (AvgIpc) is 3.35. The van der Waals surface area contributed by atoms with Gasteiger partial charge in [0.25, 0.3) is 5.91 Å². The van der Waals surface area contributed by atoms with Gasteiger partial charge in [-0.15, -0.1) is 11.3 Å². The van der Waals surface area contributed by atoms with E-state index >= 15 is 0 Å². The number of amides is 1. The lowest BCUT2D eigenvalue weighted by atomic mass is 10.2. The summed E-state index contributed by atoms with van der Waals surface area (Å²) in [6, 6.07) is 7.06. The molecule has 0 atom stereocenters. The molecule has 1 amide bonds. The standard InChI is InChI=1S/C17H15Cl2N5O2S/c18-11-3-4-13(19)20-15(11)17(25)24-7-5-23(6-8-24)10-14-21-16(22-26-14)12-2-1-9-27-12/h1-4,9H,5-8,10H2. The van der Waals surface area contributed by atoms with Crippen molar-refractivity contribution in [2.75, 3.05) is 26.2 Å². The van der Waals surface area contributed by atoms with Gasteiger partial charge >= 0.3 is 0 Å². The maximum atomic E-state index is 12.6. The van der Waals surface area contributed by atoms with Gasteiger partial charge in [0.05, 0.1) is 16.4 Å². The van der Waals surface area contributed by atoms with Gasteiger partial charge in [-0.3, -0.25) is 9.69 Å². The third kappa shape index (κ3) is 4.14. The summed E-state index contributed by atoms with van der Waals surface area (Å²) >= 11 is 13.5. The number of carbonyl (C=O) groups excluding carboxylic acids is 1. The Labute approximate surface area is 169 Å². The van der Waals surface area contributed by atoms with E-state index in [4.69, 9.17) is 27.7 Å². The van der Waals surface area contributed by atoms with E-state index in [1.807, 2.05) is 17.5 Å². The summed E-state index contributed by atoms with van der Waals surface area (Å²) < 4.78 is 5.34. The van der Waals surface area contributed by atoms with Crippen LogP contribution in [0.5, 0.6) is 0 Å². The molecule has 3 aromatic rings. The lowest BCUT2D eigenvalue weighted by Crippen LogP contribution is -2.48. The van der Waals surface area contributed by atoms with Gasteiger partial charge in [-0.2, -0.15) is 4.98 Å². The monoisotopic (exact) mass is 423 g/mol. The summed E-state index contributed by atoms with van der Waals surface area (Å²) in [6.45, 7) is 3.07. The first-order chi connectivity index (χ1) is 13.1. The zero-order valence-corrected chi connectivity index (χ0v) is 16.5. The lowest BCUT2D eigenvalue weighted by Gasteiger charge is -2.33. The molecule has 4 heterocycles. The van der Waals surface area contributed by atoms with Gasteiger partial charge in [0.15, 0.2) is 0 Å². The Morgan fingerprint density at radius 3 is 2.70 bits per heavy atom. The molecule has 0 radical (unpaired) electrons. The predicted octanol–water partition coefficient (Wildman–Crippen LogP) is 3.46. The second kappa shape index (κ2) is 7.93. The van der Waals surface area contributed by atoms with Crippen LogP contribution in [0.25, 0.3) is 10.7 Å². The summed E-state index contributed by atoms with van der Waals surface area (Å²) in [4.78, 5) is 26.0. The Morgan fingerprint density at radius 2 is 1.96 bits per heavy atom. The molecular formula is C17H15Cl2N5O2S. The number of hydrogen-bond donors (Lipinski definition) is 0. The van der Waals surface area contributed by atoms with E-state index in [1.54, 1.807) is 28.4 Å². The van der Waals surface area contributed by atoms with Crippen LogP contribution in [0.2, 0.25) is 10.2 Å². The maximum Gasteiger partial charge on any atom is 0.274 e. The first kappa shape index (κ1) is 18.4. The van der Waals surface area contributed by atoms with Crippen molar-refractivity contribution in [3.05, 3.63) is 51.4 Å². The van der Waals surface area contributed by atoms with Crippen molar-refractivity contribution in [2.24, 2.45) is 0 Å². The third-order valence-corrected chi connectivity index (χ3v) is 5.62. The number of pyridine rings is 1. The minimum atomic E-state index is -0.208. The van der Waals surface area contributed by atoms with Crippen LogP contribution >= 0.6 is 34.5 Å². The van der Waals surface area contributed by atoms with Crippen LogP contribution in [-0.4, -0.2) is 57.0 Å². The summed E-state index contributed by atoms with van der Waals surface area (Å²) in [6.07, 6.45) is 0. The van der Waals surface area contributed by atoms with Crippen LogP contribution in [0.1, 0.15) is 16.4 Å². The summed E-state index contributed by atoms with van der Waals surface area (Å²) in [5.41, 5.74) is 0.190. The van der Waals surface area contributed by atoms with Gasteiger partial charge in [-0.05, 0) is 23.6 Å². The molecule has 0 bridgehead atoms. The number of aromatic nitrogens is 3. The van der Waals surface area contributed by atoms with Crippen molar-refractivity contribution in [3.63, 3.8) is 0 Å². The van der Waals surface area contributed by atoms with Crippen molar-refractivity contribution in [3.8, 4) is 10.7 Å². The Kier molecular flexibility index (Phi) is 5.40. The molecule has 0 unspecified atom stereocenters. The zero-order chi connectivity index (χ0) is 18.8. The zero-order valence-electron chi connectivity index (χ0n) is 14.1. The van der Waals surface area contributed by atoms with Crippen molar-refractivity contribution >= 4 is 40.4 Å². The minimum Gasteiger partial charge on any atom is -0.338 e. The molecule has 0 aromatic carbocycles. The molecular weight excluding hydrogens is 409 g/mol. The van der Waals surface area contributed by atoms with Crippen LogP contribution in [0.3, 0.4) is 0 Å². The van der Waals surface area contributed by atoms with E-state index in [0.29, 0.717) is 49.5 Å². The van der Waals surface area contributed by atoms with Crippen LogP contribution in [0, 0.1) is 0 Å². The molecule has 27 heavy (non-hydrogen) atoms. The first-order valence-corrected chi connectivity index (χ1v) is 9.94. The van der Waals surface area contributed by atoms with E-state index in [9.17, 15) is 4.79 Å². The maximum absolute atomic E-state index is 12.6. The van der Waals surface area contributed by atoms with Gasteiger partial charge in [-0.1, -0.05) is 34.4 Å². The first-order valence-electron chi connectivity index (χ1n) is 8.30. The molecule has 1 fully saturated rings. The van der Waals surface area contributed by atoms with E-state index in [-0.39, 0.29) is 16.8 Å². The van der Waals surface area contributed by atoms with Gasteiger partial charge in [0, 0.05) is 26.2 Å². The number of halogens is 2. The molecule has 10 heteroatoms. The number of rotatable bonds is 4. The van der Waals surface area contributed by atoms with Gasteiger partial charge in [0.1, 0.15) is 10.8 Å². The third-order valence-electron chi connectivity index (χ3n) is 4.24. The number of nitrogens with zero attached hydrogens (tertiary/aromatic N) is 5. The topological polar surface area (TPSA) is 75.4 Å². The number of piperazine rings is 1. The Hall–Kier alpha value is -2.00. The van der Waals surface area contributed by atoms with Crippen molar-refractivity contribution in [1.82, 2.24) is 24.9 Å². The van der Waals surface area contributed by atoms with E-state index in [1.165, 1.54) is 0 Å². The van der Waals surface area contributed by atoms with E-state index < -0.39 is 0 Å². The van der Waals surface area contributed by atoms with Crippen LogP contribution in [-0.2, 0) is 6.54 Å². The molecule has 0 spiro atoms. The number of thiophene rings is 1. The normalized spacial score (nSPS) is 15.3. The molecule has 1 aliphatic rings. The number of carbonyl (C=O) groups is 1. The largest absolute Gasteiger partial charge is 0.338 e. The molecule has 0 N–H and O–H groups in total. The molecule has 3 aromatic heterocycles. The Bertz CT molecular complexity index is 939. The highest BCUT2D eigenvalue weighted by Gasteiger charge is 2.25. The van der Waals surface area contributed by atoms with Crippen molar-refractivity contribution < 1.29 is 9.32 Å². The summed E-state index contributed by atoms with van der Waals surface area (Å²) in [7, 11) is 0. The fourth-order valence-electron chi connectivity index (χ4n) is 2.84. The second-order valence-corrected chi connectivity index (χ2v) is 7.76. The van der Waals surface area contributed by atoms with Crippen molar-refractivity contribution in [1.29, 1.82) is 0 Å². The fourth-order valence-corrected chi connectivity index (χ4v) is 3.83. The molecule has 4 rings (SSSR count). The highest BCUT2D eigenvalue weighted by Crippen LogP contribution is 2.22. The van der Waals surface area contributed by atoms with Crippen LogP contribution in [0.15, 0.2) is 34.2 Å². The van der Waals surface area contributed by atoms with Crippen LogP contribution < -0.4 is 0 Å². The Morgan fingerprint density at radius 1 is 1.15 bits per heavy atom. The van der Waals surface area contributed by atoms with Gasteiger partial charge < -0.3 is 9.42 Å². The van der Waals surface area contributed by atoms with E-state index in [2.05, 4.69) is 20.0 Å². The minimum absolute atomic E-state index is 0.190. The predicted molar refractivity (Wildman–Crippen MR) is 103 cm³/mol. The average molecular weight is 424 g/mol. The molecule has 1 aliphatic heterocycles. The number of hydrogen-bond acceptors (Lipinski definition) is 7. The molecule has 0 saturated carbocycles. The van der Waals surface area contributed by atoms with Gasteiger partial charge in [0.2, 0.25) is 11.7 Å². The SMILES string of the molecule is O=C(c1nc(Cl)ccc1Cl)N1CCN(Cc2nc(-c3cccs3)no2)CC1. The second-order valence-electron chi connectivity index (χ2n) is 6.02.